The number of likely N-dealkylation sites (tertiary alicyclic amines) is 1. The van der Waals surface area contributed by atoms with Crippen LogP contribution in [0.3, 0.4) is 0 Å². The summed E-state index contributed by atoms with van der Waals surface area (Å²) in [4.78, 5) is 26.2. The van der Waals surface area contributed by atoms with Gasteiger partial charge in [-0.1, -0.05) is 30.3 Å². The highest BCUT2D eigenvalue weighted by Gasteiger charge is 2.23. The molecular weight excluding hydrogens is 348 g/mol. The van der Waals surface area contributed by atoms with Crippen molar-refractivity contribution in [2.24, 2.45) is 0 Å². The van der Waals surface area contributed by atoms with Crippen molar-refractivity contribution < 1.29 is 19.2 Å². The number of carbonyl (C=O) groups excluding carboxylic acids is 2. The van der Waals surface area contributed by atoms with Crippen LogP contribution < -0.4 is 10.2 Å². The van der Waals surface area contributed by atoms with Gasteiger partial charge in [0.15, 0.2) is 0 Å². The summed E-state index contributed by atoms with van der Waals surface area (Å²) in [7, 11) is 1.36. The van der Waals surface area contributed by atoms with Crippen LogP contribution in [-0.4, -0.2) is 38.6 Å². The Balaban J connectivity index is 1.71. The number of amides is 1. The van der Waals surface area contributed by atoms with E-state index in [1.165, 1.54) is 42.6 Å². The van der Waals surface area contributed by atoms with E-state index >= 15 is 0 Å². The molecule has 1 saturated heterocycles. The normalized spacial score (nSPS) is 14.8. The molecule has 1 aliphatic rings. The lowest BCUT2D eigenvalue weighted by atomic mass is 10.0. The molecule has 0 saturated carbocycles. The zero-order chi connectivity index (χ0) is 18.4. The average Bonchev–Trinajstić information content (AvgIpc) is 3.10. The number of piperidine rings is 1. The Bertz CT molecular complexity index is 752. The Labute approximate surface area is 158 Å². The van der Waals surface area contributed by atoms with Gasteiger partial charge in [0.2, 0.25) is 5.91 Å². The summed E-state index contributed by atoms with van der Waals surface area (Å²) >= 11 is 1.36. The third-order valence-electron chi connectivity index (χ3n) is 4.78. The summed E-state index contributed by atoms with van der Waals surface area (Å²) < 4.78 is 4.95. The summed E-state index contributed by atoms with van der Waals surface area (Å²) in [5.74, 6) is -0.475. The summed E-state index contributed by atoms with van der Waals surface area (Å²) in [5, 5.41) is 5.38. The van der Waals surface area contributed by atoms with Gasteiger partial charge >= 0.3 is 5.97 Å². The van der Waals surface area contributed by atoms with Gasteiger partial charge in [-0.05, 0) is 24.8 Å². The molecule has 0 spiro atoms. The summed E-state index contributed by atoms with van der Waals surface area (Å²) in [5.41, 5.74) is 2.16. The summed E-state index contributed by atoms with van der Waals surface area (Å²) in [6.07, 6.45) is 4.26. The van der Waals surface area contributed by atoms with Gasteiger partial charge < -0.3 is 15.0 Å². The molecule has 0 aliphatic carbocycles. The maximum absolute atomic E-state index is 12.4. The summed E-state index contributed by atoms with van der Waals surface area (Å²) in [6.45, 7) is 3.14. The molecule has 3 rings (SSSR count). The topological polar surface area (TPSA) is 59.8 Å². The van der Waals surface area contributed by atoms with Crippen molar-refractivity contribution >= 4 is 28.2 Å². The maximum atomic E-state index is 12.4. The molecule has 0 unspecified atom stereocenters. The zero-order valence-electron chi connectivity index (χ0n) is 15.0. The lowest BCUT2D eigenvalue weighted by Gasteiger charge is -2.23. The van der Waals surface area contributed by atoms with E-state index in [0.717, 1.165) is 30.8 Å². The number of hydrogen-bond donors (Lipinski definition) is 2. The Hall–Kier alpha value is -2.18. The first-order valence-electron chi connectivity index (χ1n) is 9.07. The van der Waals surface area contributed by atoms with Gasteiger partial charge in [-0.15, -0.1) is 11.3 Å². The highest BCUT2D eigenvalue weighted by Crippen LogP contribution is 2.36. The molecule has 26 heavy (non-hydrogen) atoms. The molecular formula is C20H25N2O3S+. The number of benzene rings is 1. The number of anilines is 1. The Morgan fingerprint density at radius 2 is 1.88 bits per heavy atom. The van der Waals surface area contributed by atoms with E-state index in [1.54, 1.807) is 0 Å². The van der Waals surface area contributed by atoms with Crippen LogP contribution in [0.15, 0.2) is 35.7 Å². The van der Waals surface area contributed by atoms with Crippen LogP contribution in [-0.2, 0) is 9.53 Å². The molecule has 1 fully saturated rings. The number of methoxy groups -OCH3 is 1. The molecule has 0 atom stereocenters. The number of thiophene rings is 1. The van der Waals surface area contributed by atoms with Crippen LogP contribution in [0, 0.1) is 0 Å². The van der Waals surface area contributed by atoms with Crippen molar-refractivity contribution in [1.29, 1.82) is 0 Å². The highest BCUT2D eigenvalue weighted by atomic mass is 32.1. The largest absolute Gasteiger partial charge is 0.465 e. The van der Waals surface area contributed by atoms with Gasteiger partial charge in [0.25, 0.3) is 0 Å². The van der Waals surface area contributed by atoms with Crippen molar-refractivity contribution in [3.63, 3.8) is 0 Å². The third-order valence-corrected chi connectivity index (χ3v) is 5.68. The number of carbonyl (C=O) groups is 2. The van der Waals surface area contributed by atoms with Gasteiger partial charge in [-0.25, -0.2) is 4.79 Å². The van der Waals surface area contributed by atoms with Crippen LogP contribution >= 0.6 is 11.3 Å². The van der Waals surface area contributed by atoms with Gasteiger partial charge in [0, 0.05) is 10.9 Å². The van der Waals surface area contributed by atoms with E-state index in [9.17, 15) is 9.59 Å². The zero-order valence-corrected chi connectivity index (χ0v) is 15.9. The van der Waals surface area contributed by atoms with Crippen LogP contribution in [0.5, 0.6) is 0 Å². The van der Waals surface area contributed by atoms with Crippen molar-refractivity contribution in [2.75, 3.05) is 32.1 Å². The van der Waals surface area contributed by atoms with Gasteiger partial charge in [0.1, 0.15) is 10.6 Å². The van der Waals surface area contributed by atoms with Crippen molar-refractivity contribution in [1.82, 2.24) is 0 Å². The van der Waals surface area contributed by atoms with E-state index in [0.29, 0.717) is 17.0 Å². The number of quaternary nitrogens is 1. The van der Waals surface area contributed by atoms with Crippen LogP contribution in [0.25, 0.3) is 11.1 Å². The molecule has 1 aliphatic heterocycles. The van der Waals surface area contributed by atoms with Crippen molar-refractivity contribution in [3.8, 4) is 11.1 Å². The molecule has 1 amide bonds. The lowest BCUT2D eigenvalue weighted by Crippen LogP contribution is -3.12. The minimum absolute atomic E-state index is 0.0466. The quantitative estimate of drug-likeness (QED) is 0.765. The minimum Gasteiger partial charge on any atom is -0.465 e. The van der Waals surface area contributed by atoms with E-state index < -0.39 is 5.97 Å². The Kier molecular flexibility index (Phi) is 6.41. The first-order chi connectivity index (χ1) is 12.7. The smallest absolute Gasteiger partial charge is 0.341 e. The fourth-order valence-corrected chi connectivity index (χ4v) is 4.34. The van der Waals surface area contributed by atoms with E-state index in [-0.39, 0.29) is 5.91 Å². The van der Waals surface area contributed by atoms with Crippen LogP contribution in [0.1, 0.15) is 36.0 Å². The molecule has 2 N–H and O–H groups in total. The van der Waals surface area contributed by atoms with Gasteiger partial charge in [-0.2, -0.15) is 0 Å². The number of ether oxygens (including phenoxy) is 1. The predicted octanol–water partition coefficient (Wildman–Crippen LogP) is 2.60. The van der Waals surface area contributed by atoms with Crippen molar-refractivity contribution in [3.05, 3.63) is 41.3 Å². The standard InChI is InChI=1S/C20H24N2O3S/c1-25-20(24)18-16(15-8-4-2-5-9-15)14-26-19(18)21-17(23)10-13-22-11-6-3-7-12-22/h2,4-5,8-9,14H,3,6-7,10-13H2,1H3,(H,21,23)/p+1. The second-order valence-corrected chi connectivity index (χ2v) is 7.45. The number of nitrogens with one attached hydrogen (secondary N) is 2. The first kappa shape index (κ1) is 18.6. The molecule has 2 heterocycles. The fourth-order valence-electron chi connectivity index (χ4n) is 3.37. The fraction of sp³-hybridized carbons (Fsp3) is 0.400. The van der Waals surface area contributed by atoms with E-state index in [2.05, 4.69) is 5.32 Å². The molecule has 2 aromatic rings. The lowest BCUT2D eigenvalue weighted by molar-refractivity contribution is -0.904. The highest BCUT2D eigenvalue weighted by molar-refractivity contribution is 7.15. The van der Waals surface area contributed by atoms with Gasteiger partial charge in [0.05, 0.1) is 33.2 Å². The molecule has 138 valence electrons. The predicted molar refractivity (Wildman–Crippen MR) is 104 cm³/mol. The van der Waals surface area contributed by atoms with Gasteiger partial charge in [-0.3, -0.25) is 4.79 Å². The SMILES string of the molecule is COC(=O)c1c(-c2ccccc2)csc1NC(=O)CC[NH+]1CCCCC1. The minimum atomic E-state index is -0.429. The summed E-state index contributed by atoms with van der Waals surface area (Å²) in [6, 6.07) is 9.67. The molecule has 5 nitrogen and oxygen atoms in total. The first-order valence-corrected chi connectivity index (χ1v) is 9.95. The second kappa shape index (κ2) is 8.96. The number of rotatable bonds is 6. The molecule has 6 heteroatoms. The van der Waals surface area contributed by atoms with Crippen molar-refractivity contribution in [2.45, 2.75) is 25.7 Å². The molecule has 1 aromatic carbocycles. The van der Waals surface area contributed by atoms with Crippen LogP contribution in [0.2, 0.25) is 0 Å². The van der Waals surface area contributed by atoms with Crippen LogP contribution in [0.4, 0.5) is 5.00 Å². The molecule has 1 aromatic heterocycles. The van der Waals surface area contributed by atoms with E-state index in [4.69, 9.17) is 4.74 Å². The number of hydrogen-bond acceptors (Lipinski definition) is 4. The third kappa shape index (κ3) is 4.51. The molecule has 0 bridgehead atoms. The Morgan fingerprint density at radius 1 is 1.15 bits per heavy atom. The molecule has 0 radical (unpaired) electrons. The second-order valence-electron chi connectivity index (χ2n) is 6.57. The monoisotopic (exact) mass is 373 g/mol. The average molecular weight is 373 g/mol. The van der Waals surface area contributed by atoms with E-state index in [1.807, 2.05) is 35.7 Å². The Morgan fingerprint density at radius 3 is 2.58 bits per heavy atom. The maximum Gasteiger partial charge on any atom is 0.341 e. The number of esters is 1.